The maximum atomic E-state index is 5.56. The molecule has 0 unspecified atom stereocenters. The second kappa shape index (κ2) is 6.32. The average Bonchev–Trinajstić information content (AvgIpc) is 2.19. The van der Waals surface area contributed by atoms with Crippen molar-refractivity contribution >= 4 is 0 Å². The van der Waals surface area contributed by atoms with Crippen molar-refractivity contribution in [2.24, 2.45) is 5.73 Å². The fourth-order valence-corrected chi connectivity index (χ4v) is 1.61. The van der Waals surface area contributed by atoms with Crippen LogP contribution in [0.2, 0.25) is 0 Å². The van der Waals surface area contributed by atoms with Crippen LogP contribution >= 0.6 is 0 Å². The van der Waals surface area contributed by atoms with Crippen LogP contribution in [0.5, 0.6) is 0 Å². The molecule has 0 bridgehead atoms. The van der Waals surface area contributed by atoms with Gasteiger partial charge < -0.3 is 15.8 Å². The van der Waals surface area contributed by atoms with Crippen molar-refractivity contribution in [1.82, 2.24) is 10.2 Å². The lowest BCUT2D eigenvalue weighted by atomic mass is 10.2. The van der Waals surface area contributed by atoms with Gasteiger partial charge in [-0.3, -0.25) is 4.90 Å². The van der Waals surface area contributed by atoms with Gasteiger partial charge in [-0.2, -0.15) is 0 Å². The van der Waals surface area contributed by atoms with Gasteiger partial charge in [0.1, 0.15) is 0 Å². The molecule has 1 heterocycles. The van der Waals surface area contributed by atoms with Crippen LogP contribution in [0, 0.1) is 0 Å². The third-order valence-electron chi connectivity index (χ3n) is 2.39. The van der Waals surface area contributed by atoms with Gasteiger partial charge in [0.05, 0.1) is 12.7 Å². The minimum absolute atomic E-state index is 0.253. The van der Waals surface area contributed by atoms with E-state index in [2.05, 4.69) is 10.2 Å². The first-order chi connectivity index (χ1) is 6.36. The van der Waals surface area contributed by atoms with E-state index in [-0.39, 0.29) is 6.10 Å². The molecule has 1 fully saturated rings. The summed E-state index contributed by atoms with van der Waals surface area (Å²) in [7, 11) is 1.99. The van der Waals surface area contributed by atoms with E-state index in [1.54, 1.807) is 0 Å². The van der Waals surface area contributed by atoms with Crippen LogP contribution in [-0.4, -0.2) is 57.4 Å². The van der Waals surface area contributed by atoms with E-state index in [0.29, 0.717) is 6.54 Å². The molecule has 0 spiro atoms. The third kappa shape index (κ3) is 4.04. The minimum atomic E-state index is 0.253. The summed E-state index contributed by atoms with van der Waals surface area (Å²) in [5, 5.41) is 3.15. The highest BCUT2D eigenvalue weighted by Crippen LogP contribution is 2.03. The molecule has 1 atom stereocenters. The van der Waals surface area contributed by atoms with Gasteiger partial charge in [0.2, 0.25) is 0 Å². The zero-order valence-corrected chi connectivity index (χ0v) is 8.46. The van der Waals surface area contributed by atoms with Crippen molar-refractivity contribution in [2.75, 3.05) is 46.4 Å². The molecule has 0 aromatic heterocycles. The van der Waals surface area contributed by atoms with E-state index < -0.39 is 0 Å². The fraction of sp³-hybridized carbons (Fsp3) is 1.00. The first kappa shape index (κ1) is 10.9. The van der Waals surface area contributed by atoms with Crippen molar-refractivity contribution in [3.63, 3.8) is 0 Å². The highest BCUT2D eigenvalue weighted by atomic mass is 16.5. The molecule has 0 saturated carbocycles. The molecule has 1 saturated heterocycles. The molecule has 0 amide bonds. The fourth-order valence-electron chi connectivity index (χ4n) is 1.61. The minimum Gasteiger partial charge on any atom is -0.374 e. The molecule has 78 valence electrons. The lowest BCUT2D eigenvalue weighted by Crippen LogP contribution is -2.46. The summed E-state index contributed by atoms with van der Waals surface area (Å²) in [5.74, 6) is 0. The Balaban J connectivity index is 2.11. The van der Waals surface area contributed by atoms with Gasteiger partial charge in [-0.15, -0.1) is 0 Å². The van der Waals surface area contributed by atoms with Gasteiger partial charge in [-0.05, 0) is 26.6 Å². The molecular weight excluding hydrogens is 166 g/mol. The number of nitrogens with zero attached hydrogens (tertiary/aromatic N) is 1. The van der Waals surface area contributed by atoms with Crippen molar-refractivity contribution in [3.8, 4) is 0 Å². The molecule has 0 aromatic rings. The lowest BCUT2D eigenvalue weighted by molar-refractivity contribution is -0.0232. The molecule has 0 aromatic carbocycles. The number of ether oxygens (including phenoxy) is 1. The molecule has 1 rings (SSSR count). The Bertz CT molecular complexity index is 132. The number of nitrogens with two attached hydrogens (primary N) is 1. The number of morpholine rings is 1. The zero-order valence-electron chi connectivity index (χ0n) is 8.46. The normalized spacial score (nSPS) is 24.9. The first-order valence-electron chi connectivity index (χ1n) is 5.05. The Morgan fingerprint density at radius 2 is 2.46 bits per heavy atom. The van der Waals surface area contributed by atoms with E-state index >= 15 is 0 Å². The molecule has 4 nitrogen and oxygen atoms in total. The van der Waals surface area contributed by atoms with Crippen molar-refractivity contribution in [3.05, 3.63) is 0 Å². The largest absolute Gasteiger partial charge is 0.374 e. The van der Waals surface area contributed by atoms with Crippen LogP contribution in [0.3, 0.4) is 0 Å². The second-order valence-corrected chi connectivity index (χ2v) is 3.49. The standard InChI is InChI=1S/C9H21N3O/c1-11-3-2-4-12-5-6-13-9(7-10)8-12/h9,11H,2-8,10H2,1H3/t9-/m0/s1. The van der Waals surface area contributed by atoms with Crippen LogP contribution < -0.4 is 11.1 Å². The summed E-state index contributed by atoms with van der Waals surface area (Å²) in [4.78, 5) is 2.43. The highest BCUT2D eigenvalue weighted by Gasteiger charge is 2.17. The number of rotatable bonds is 5. The van der Waals surface area contributed by atoms with Crippen LogP contribution in [0.4, 0.5) is 0 Å². The SMILES string of the molecule is CNCCCN1CCO[C@@H](CN)C1. The van der Waals surface area contributed by atoms with Crippen LogP contribution in [0.1, 0.15) is 6.42 Å². The van der Waals surface area contributed by atoms with E-state index in [4.69, 9.17) is 10.5 Å². The average molecular weight is 187 g/mol. The summed E-state index contributed by atoms with van der Waals surface area (Å²) in [6.45, 7) is 5.77. The predicted octanol–water partition coefficient (Wildman–Crippen LogP) is -0.745. The summed E-state index contributed by atoms with van der Waals surface area (Å²) in [6.07, 6.45) is 1.46. The Hall–Kier alpha value is -0.160. The second-order valence-electron chi connectivity index (χ2n) is 3.49. The molecule has 0 aliphatic carbocycles. The van der Waals surface area contributed by atoms with Crippen molar-refractivity contribution < 1.29 is 4.74 Å². The van der Waals surface area contributed by atoms with Gasteiger partial charge in [0.25, 0.3) is 0 Å². The quantitative estimate of drug-likeness (QED) is 0.556. The zero-order chi connectivity index (χ0) is 9.52. The van der Waals surface area contributed by atoms with Gasteiger partial charge in [-0.25, -0.2) is 0 Å². The van der Waals surface area contributed by atoms with Gasteiger partial charge in [-0.1, -0.05) is 0 Å². The van der Waals surface area contributed by atoms with Crippen LogP contribution in [-0.2, 0) is 4.74 Å². The number of hydrogen-bond donors (Lipinski definition) is 2. The molecule has 1 aliphatic heterocycles. The van der Waals surface area contributed by atoms with E-state index in [1.165, 1.54) is 6.42 Å². The molecule has 3 N–H and O–H groups in total. The Morgan fingerprint density at radius 3 is 3.15 bits per heavy atom. The number of hydrogen-bond acceptors (Lipinski definition) is 4. The molecule has 13 heavy (non-hydrogen) atoms. The first-order valence-corrected chi connectivity index (χ1v) is 5.05. The van der Waals surface area contributed by atoms with Crippen LogP contribution in [0.15, 0.2) is 0 Å². The maximum absolute atomic E-state index is 5.56. The van der Waals surface area contributed by atoms with E-state index in [0.717, 1.165) is 32.8 Å². The summed E-state index contributed by atoms with van der Waals surface area (Å²) < 4.78 is 5.48. The van der Waals surface area contributed by atoms with Gasteiger partial charge in [0.15, 0.2) is 0 Å². The van der Waals surface area contributed by atoms with Gasteiger partial charge in [0, 0.05) is 19.6 Å². The maximum Gasteiger partial charge on any atom is 0.0824 e. The summed E-state index contributed by atoms with van der Waals surface area (Å²) in [6, 6.07) is 0. The van der Waals surface area contributed by atoms with Gasteiger partial charge >= 0.3 is 0 Å². The Labute approximate surface area is 80.4 Å². The smallest absolute Gasteiger partial charge is 0.0824 e. The third-order valence-corrected chi connectivity index (χ3v) is 2.39. The van der Waals surface area contributed by atoms with Crippen molar-refractivity contribution in [1.29, 1.82) is 0 Å². The lowest BCUT2D eigenvalue weighted by Gasteiger charge is -2.32. The van der Waals surface area contributed by atoms with Crippen molar-refractivity contribution in [2.45, 2.75) is 12.5 Å². The van der Waals surface area contributed by atoms with Crippen LogP contribution in [0.25, 0.3) is 0 Å². The van der Waals surface area contributed by atoms with E-state index in [9.17, 15) is 0 Å². The van der Waals surface area contributed by atoms with E-state index in [1.807, 2.05) is 7.05 Å². The Morgan fingerprint density at radius 1 is 1.62 bits per heavy atom. The summed E-state index contributed by atoms with van der Waals surface area (Å²) >= 11 is 0. The highest BCUT2D eigenvalue weighted by molar-refractivity contribution is 4.71. The molecule has 1 aliphatic rings. The monoisotopic (exact) mass is 187 g/mol. The topological polar surface area (TPSA) is 50.5 Å². The molecular formula is C9H21N3O. The Kier molecular flexibility index (Phi) is 5.31. The molecule has 4 heteroatoms. The molecule has 0 radical (unpaired) electrons. The predicted molar refractivity (Wildman–Crippen MR) is 53.8 cm³/mol. The summed E-state index contributed by atoms with van der Waals surface area (Å²) in [5.41, 5.74) is 5.56. The number of nitrogens with one attached hydrogen (secondary N) is 1.